The SMILES string of the molecule is CC(C)CN1C(=O)c2ccccc2[C@@H](C(=O)Nc2ccccc2Cl)[C@@H]1c1cccs1. The first-order chi connectivity index (χ1) is 14.5. The molecular formula is C24H23ClN2O2S. The lowest BCUT2D eigenvalue weighted by Crippen LogP contribution is -2.47. The number of nitrogens with zero attached hydrogens (tertiary/aromatic N) is 1. The Bertz CT molecular complexity index is 1060. The molecule has 1 aromatic heterocycles. The van der Waals surface area contributed by atoms with Crippen molar-refractivity contribution in [2.75, 3.05) is 11.9 Å². The van der Waals surface area contributed by atoms with Crippen LogP contribution >= 0.6 is 22.9 Å². The van der Waals surface area contributed by atoms with E-state index in [1.807, 2.05) is 58.8 Å². The summed E-state index contributed by atoms with van der Waals surface area (Å²) in [6.45, 7) is 4.74. The van der Waals surface area contributed by atoms with Crippen LogP contribution in [-0.4, -0.2) is 23.3 Å². The van der Waals surface area contributed by atoms with Crippen molar-refractivity contribution in [3.05, 3.63) is 87.1 Å². The fourth-order valence-electron chi connectivity index (χ4n) is 4.02. The molecule has 1 N–H and O–H groups in total. The zero-order chi connectivity index (χ0) is 21.3. The molecule has 154 valence electrons. The molecule has 4 nitrogen and oxygen atoms in total. The molecule has 1 aliphatic heterocycles. The van der Waals surface area contributed by atoms with Gasteiger partial charge in [0.05, 0.1) is 22.7 Å². The average Bonchev–Trinajstić information content (AvgIpc) is 3.25. The van der Waals surface area contributed by atoms with Crippen LogP contribution in [-0.2, 0) is 4.79 Å². The molecule has 0 saturated heterocycles. The van der Waals surface area contributed by atoms with Gasteiger partial charge in [-0.15, -0.1) is 11.3 Å². The molecule has 2 amide bonds. The Morgan fingerprint density at radius 2 is 1.83 bits per heavy atom. The van der Waals surface area contributed by atoms with Crippen molar-refractivity contribution in [2.45, 2.75) is 25.8 Å². The van der Waals surface area contributed by atoms with E-state index in [9.17, 15) is 9.59 Å². The Morgan fingerprint density at radius 1 is 1.10 bits per heavy atom. The second-order valence-corrected chi connectivity index (χ2v) is 9.23. The Morgan fingerprint density at radius 3 is 2.53 bits per heavy atom. The van der Waals surface area contributed by atoms with Crippen LogP contribution in [0.15, 0.2) is 66.0 Å². The molecule has 0 fully saturated rings. The van der Waals surface area contributed by atoms with Crippen LogP contribution < -0.4 is 5.32 Å². The first kappa shape index (κ1) is 20.6. The van der Waals surface area contributed by atoms with Gasteiger partial charge in [-0.2, -0.15) is 0 Å². The average molecular weight is 439 g/mol. The van der Waals surface area contributed by atoms with E-state index in [4.69, 9.17) is 11.6 Å². The molecule has 0 spiro atoms. The Kier molecular flexibility index (Phi) is 5.93. The first-order valence-corrected chi connectivity index (χ1v) is 11.2. The molecule has 0 unspecified atom stereocenters. The molecule has 2 atom stereocenters. The molecule has 3 aromatic rings. The monoisotopic (exact) mass is 438 g/mol. The predicted molar refractivity (Wildman–Crippen MR) is 122 cm³/mol. The van der Waals surface area contributed by atoms with E-state index in [-0.39, 0.29) is 23.8 Å². The largest absolute Gasteiger partial charge is 0.329 e. The van der Waals surface area contributed by atoms with E-state index < -0.39 is 5.92 Å². The minimum Gasteiger partial charge on any atom is -0.329 e. The van der Waals surface area contributed by atoms with Gasteiger partial charge in [0.15, 0.2) is 0 Å². The molecule has 6 heteroatoms. The lowest BCUT2D eigenvalue weighted by molar-refractivity contribution is -0.119. The number of hydrogen-bond donors (Lipinski definition) is 1. The van der Waals surface area contributed by atoms with Gasteiger partial charge in [0.1, 0.15) is 0 Å². The van der Waals surface area contributed by atoms with Gasteiger partial charge in [-0.1, -0.05) is 61.8 Å². The Balaban J connectivity index is 1.83. The number of para-hydroxylation sites is 1. The maximum Gasteiger partial charge on any atom is 0.254 e. The highest BCUT2D eigenvalue weighted by atomic mass is 35.5. The summed E-state index contributed by atoms with van der Waals surface area (Å²) in [6.07, 6.45) is 0. The number of hydrogen-bond acceptors (Lipinski definition) is 3. The van der Waals surface area contributed by atoms with Gasteiger partial charge in [-0.25, -0.2) is 0 Å². The maximum atomic E-state index is 13.6. The Hall–Kier alpha value is -2.63. The number of amides is 2. The van der Waals surface area contributed by atoms with Gasteiger partial charge in [0, 0.05) is 17.0 Å². The van der Waals surface area contributed by atoms with E-state index in [0.717, 1.165) is 10.4 Å². The predicted octanol–water partition coefficient (Wildman–Crippen LogP) is 5.98. The van der Waals surface area contributed by atoms with E-state index in [0.29, 0.717) is 22.8 Å². The van der Waals surface area contributed by atoms with Gasteiger partial charge in [0.25, 0.3) is 5.91 Å². The van der Waals surface area contributed by atoms with Crippen LogP contribution in [0.2, 0.25) is 5.02 Å². The normalized spacial score (nSPS) is 18.4. The Labute approximate surface area is 185 Å². The van der Waals surface area contributed by atoms with Crippen LogP contribution in [0.4, 0.5) is 5.69 Å². The van der Waals surface area contributed by atoms with Gasteiger partial charge in [0.2, 0.25) is 5.91 Å². The second-order valence-electron chi connectivity index (χ2n) is 7.85. The molecular weight excluding hydrogens is 416 g/mol. The van der Waals surface area contributed by atoms with E-state index in [2.05, 4.69) is 19.2 Å². The van der Waals surface area contributed by atoms with Gasteiger partial charge < -0.3 is 10.2 Å². The first-order valence-electron chi connectivity index (χ1n) is 9.96. The van der Waals surface area contributed by atoms with Gasteiger partial charge >= 0.3 is 0 Å². The van der Waals surface area contributed by atoms with E-state index in [1.54, 1.807) is 23.5 Å². The highest BCUT2D eigenvalue weighted by Crippen LogP contribution is 2.45. The molecule has 0 saturated carbocycles. The molecule has 2 aromatic carbocycles. The number of halogens is 1. The van der Waals surface area contributed by atoms with Crippen LogP contribution in [0.1, 0.15) is 46.6 Å². The van der Waals surface area contributed by atoms with E-state index >= 15 is 0 Å². The molecule has 0 bridgehead atoms. The number of fused-ring (bicyclic) bond motifs is 1. The minimum absolute atomic E-state index is 0.0282. The van der Waals surface area contributed by atoms with Crippen LogP contribution in [0, 0.1) is 5.92 Å². The smallest absolute Gasteiger partial charge is 0.254 e. The summed E-state index contributed by atoms with van der Waals surface area (Å²) < 4.78 is 0. The lowest BCUT2D eigenvalue weighted by atomic mass is 9.81. The summed E-state index contributed by atoms with van der Waals surface area (Å²) in [6, 6.07) is 18.2. The third-order valence-corrected chi connectivity index (χ3v) is 6.52. The van der Waals surface area contributed by atoms with Crippen LogP contribution in [0.5, 0.6) is 0 Å². The van der Waals surface area contributed by atoms with Crippen molar-refractivity contribution < 1.29 is 9.59 Å². The summed E-state index contributed by atoms with van der Waals surface area (Å²) in [7, 11) is 0. The number of benzene rings is 2. The van der Waals surface area contributed by atoms with Crippen molar-refractivity contribution in [3.8, 4) is 0 Å². The summed E-state index contributed by atoms with van der Waals surface area (Å²) in [5.41, 5.74) is 1.91. The molecule has 2 heterocycles. The molecule has 1 aliphatic rings. The highest BCUT2D eigenvalue weighted by Gasteiger charge is 2.44. The fourth-order valence-corrected chi connectivity index (χ4v) is 5.08. The molecule has 0 radical (unpaired) electrons. The number of rotatable bonds is 5. The molecule has 4 rings (SSSR count). The maximum absolute atomic E-state index is 13.6. The highest BCUT2D eigenvalue weighted by molar-refractivity contribution is 7.10. The molecule has 30 heavy (non-hydrogen) atoms. The zero-order valence-corrected chi connectivity index (χ0v) is 18.4. The van der Waals surface area contributed by atoms with Crippen molar-refractivity contribution >= 4 is 40.4 Å². The second kappa shape index (κ2) is 8.62. The summed E-state index contributed by atoms with van der Waals surface area (Å²) >= 11 is 7.85. The van der Waals surface area contributed by atoms with Crippen molar-refractivity contribution in [2.24, 2.45) is 5.92 Å². The minimum atomic E-state index is -0.535. The number of carbonyl (C=O) groups is 2. The standard InChI is InChI=1S/C24H23ClN2O2S/c1-15(2)14-27-22(20-12-7-13-30-20)21(16-8-3-4-9-17(16)24(27)29)23(28)26-19-11-6-5-10-18(19)25/h3-13,15,21-22H,14H2,1-2H3,(H,26,28)/t21-,22+/m1/s1. The van der Waals surface area contributed by atoms with E-state index in [1.165, 1.54) is 0 Å². The molecule has 0 aliphatic carbocycles. The quantitative estimate of drug-likeness (QED) is 0.532. The fraction of sp³-hybridized carbons (Fsp3) is 0.250. The third-order valence-electron chi connectivity index (χ3n) is 5.25. The topological polar surface area (TPSA) is 49.4 Å². The summed E-state index contributed by atoms with van der Waals surface area (Å²) in [5, 5.41) is 5.46. The van der Waals surface area contributed by atoms with Crippen molar-refractivity contribution in [3.63, 3.8) is 0 Å². The summed E-state index contributed by atoms with van der Waals surface area (Å²) in [4.78, 5) is 29.9. The number of thiophene rings is 1. The van der Waals surface area contributed by atoms with Crippen LogP contribution in [0.25, 0.3) is 0 Å². The zero-order valence-electron chi connectivity index (χ0n) is 16.8. The van der Waals surface area contributed by atoms with Crippen LogP contribution in [0.3, 0.4) is 0 Å². The number of anilines is 1. The van der Waals surface area contributed by atoms with Gasteiger partial charge in [-0.05, 0) is 41.1 Å². The third kappa shape index (κ3) is 3.87. The van der Waals surface area contributed by atoms with Crippen molar-refractivity contribution in [1.82, 2.24) is 4.90 Å². The van der Waals surface area contributed by atoms with Crippen molar-refractivity contribution in [1.29, 1.82) is 0 Å². The lowest BCUT2D eigenvalue weighted by Gasteiger charge is -2.42. The number of carbonyl (C=O) groups excluding carboxylic acids is 2. The number of nitrogens with one attached hydrogen (secondary N) is 1. The van der Waals surface area contributed by atoms with Gasteiger partial charge in [-0.3, -0.25) is 9.59 Å². The summed E-state index contributed by atoms with van der Waals surface area (Å²) in [5.74, 6) is -0.462.